The molecule has 3 N–H and O–H groups in total. The number of hydrazine groups is 1. The Kier molecular flexibility index (Phi) is 11.3. The quantitative estimate of drug-likeness (QED) is 0.0427. The minimum Gasteiger partial charge on any atom is -0.494 e. The lowest BCUT2D eigenvalue weighted by atomic mass is 9.81. The molecule has 236 valence electrons. The summed E-state index contributed by atoms with van der Waals surface area (Å²) in [5.74, 6) is 0.503. The SMILES string of the molecule is [N-]=[N+]=NCc1ccccc1[C@@H]1OC(c2ccc(OCCCO)cc2)=N[C@]1(Cc1ccc(Br)cc1)C(=O)NNCc1ccccc1Cl. The second kappa shape index (κ2) is 15.8. The Morgan fingerprint density at radius 1 is 1.04 bits per heavy atom. The van der Waals surface area contributed by atoms with Gasteiger partial charge in [0.2, 0.25) is 5.90 Å². The van der Waals surface area contributed by atoms with Crippen LogP contribution in [0.5, 0.6) is 5.75 Å². The van der Waals surface area contributed by atoms with Crippen LogP contribution in [-0.4, -0.2) is 35.7 Å². The van der Waals surface area contributed by atoms with Crippen LogP contribution >= 0.6 is 27.5 Å². The summed E-state index contributed by atoms with van der Waals surface area (Å²) in [7, 11) is 0. The number of halogens is 2. The lowest BCUT2D eigenvalue weighted by Gasteiger charge is -2.32. The van der Waals surface area contributed by atoms with Crippen LogP contribution in [0.4, 0.5) is 0 Å². The van der Waals surface area contributed by atoms with Crippen LogP contribution in [0.25, 0.3) is 10.4 Å². The summed E-state index contributed by atoms with van der Waals surface area (Å²) in [6.45, 7) is 0.783. The molecule has 1 aliphatic heterocycles. The van der Waals surface area contributed by atoms with E-state index in [-0.39, 0.29) is 32.0 Å². The van der Waals surface area contributed by atoms with Crippen LogP contribution in [0.3, 0.4) is 0 Å². The molecule has 5 rings (SSSR count). The predicted molar refractivity (Wildman–Crippen MR) is 180 cm³/mol. The van der Waals surface area contributed by atoms with Gasteiger partial charge in [0.1, 0.15) is 5.75 Å². The van der Waals surface area contributed by atoms with Crippen LogP contribution in [0, 0.1) is 0 Å². The van der Waals surface area contributed by atoms with Crippen molar-refractivity contribution in [2.75, 3.05) is 13.2 Å². The summed E-state index contributed by atoms with van der Waals surface area (Å²) in [6.07, 6.45) is -0.155. The van der Waals surface area contributed by atoms with Crippen molar-refractivity contribution in [3.8, 4) is 5.75 Å². The average Bonchev–Trinajstić information content (AvgIpc) is 3.46. The third kappa shape index (κ3) is 7.88. The largest absolute Gasteiger partial charge is 0.494 e. The number of azide groups is 1. The third-order valence-corrected chi connectivity index (χ3v) is 8.39. The molecule has 2 atom stereocenters. The number of ether oxygens (including phenoxy) is 2. The van der Waals surface area contributed by atoms with Crippen molar-refractivity contribution in [1.82, 2.24) is 10.9 Å². The zero-order valence-corrected chi connectivity index (χ0v) is 27.1. The first-order valence-electron chi connectivity index (χ1n) is 14.6. The van der Waals surface area contributed by atoms with E-state index in [0.717, 1.165) is 15.6 Å². The molecule has 12 heteroatoms. The second-order valence-corrected chi connectivity index (χ2v) is 11.9. The molecule has 46 heavy (non-hydrogen) atoms. The molecule has 0 unspecified atom stereocenters. The van der Waals surface area contributed by atoms with Gasteiger partial charge < -0.3 is 14.6 Å². The number of nitrogens with zero attached hydrogens (tertiary/aromatic N) is 4. The van der Waals surface area contributed by atoms with E-state index in [1.54, 1.807) is 18.2 Å². The fourth-order valence-electron chi connectivity index (χ4n) is 5.18. The average molecular weight is 704 g/mol. The van der Waals surface area contributed by atoms with E-state index in [1.807, 2.05) is 78.9 Å². The molecule has 1 heterocycles. The van der Waals surface area contributed by atoms with Crippen molar-refractivity contribution >= 4 is 39.3 Å². The zero-order valence-electron chi connectivity index (χ0n) is 24.8. The molecule has 0 spiro atoms. The van der Waals surface area contributed by atoms with E-state index in [1.165, 1.54) is 0 Å². The van der Waals surface area contributed by atoms with Gasteiger partial charge in [0, 0.05) is 46.0 Å². The van der Waals surface area contributed by atoms with E-state index in [9.17, 15) is 4.79 Å². The number of amides is 1. The monoisotopic (exact) mass is 702 g/mol. The highest BCUT2D eigenvalue weighted by molar-refractivity contribution is 9.10. The molecule has 4 aromatic carbocycles. The Balaban J connectivity index is 1.57. The maximum Gasteiger partial charge on any atom is 0.266 e. The maximum atomic E-state index is 14.5. The number of hydrogen-bond acceptors (Lipinski definition) is 7. The number of carbonyl (C=O) groups excluding carboxylic acids is 1. The summed E-state index contributed by atoms with van der Waals surface area (Å²) in [6, 6.07) is 29.7. The number of nitrogens with one attached hydrogen (secondary N) is 2. The summed E-state index contributed by atoms with van der Waals surface area (Å²) >= 11 is 9.85. The van der Waals surface area contributed by atoms with Crippen LogP contribution in [0.1, 0.15) is 40.3 Å². The number of aliphatic imine (C=N–C) groups is 1. The molecule has 10 nitrogen and oxygen atoms in total. The Labute approximate surface area is 280 Å². The minimum atomic E-state index is -1.47. The van der Waals surface area contributed by atoms with E-state index in [2.05, 4.69) is 36.8 Å². The van der Waals surface area contributed by atoms with Crippen molar-refractivity contribution < 1.29 is 19.4 Å². The minimum absolute atomic E-state index is 0.0427. The molecule has 0 fully saturated rings. The summed E-state index contributed by atoms with van der Waals surface area (Å²) in [5.41, 5.74) is 17.2. The van der Waals surface area contributed by atoms with Crippen molar-refractivity contribution in [2.24, 2.45) is 10.1 Å². The van der Waals surface area contributed by atoms with Crippen LogP contribution in [0.2, 0.25) is 5.02 Å². The van der Waals surface area contributed by atoms with E-state index in [4.69, 9.17) is 36.7 Å². The number of aliphatic hydroxyl groups excluding tert-OH is 1. The van der Waals surface area contributed by atoms with Gasteiger partial charge in [-0.2, -0.15) is 0 Å². The Morgan fingerprint density at radius 2 is 1.76 bits per heavy atom. The zero-order chi connectivity index (χ0) is 32.4. The molecule has 0 aliphatic carbocycles. The lowest BCUT2D eigenvalue weighted by molar-refractivity contribution is -0.130. The van der Waals surface area contributed by atoms with Gasteiger partial charge in [-0.3, -0.25) is 10.2 Å². The number of hydrogen-bond donors (Lipinski definition) is 3. The van der Waals surface area contributed by atoms with Crippen molar-refractivity contribution in [1.29, 1.82) is 0 Å². The Bertz CT molecular complexity index is 1730. The molecule has 0 aromatic heterocycles. The first-order valence-corrected chi connectivity index (χ1v) is 15.8. The maximum absolute atomic E-state index is 14.5. The second-order valence-electron chi connectivity index (χ2n) is 10.6. The van der Waals surface area contributed by atoms with Crippen molar-refractivity contribution in [2.45, 2.75) is 37.6 Å². The van der Waals surface area contributed by atoms with Gasteiger partial charge in [-0.1, -0.05) is 87.2 Å². The number of benzene rings is 4. The smallest absolute Gasteiger partial charge is 0.266 e. The Hall–Kier alpha value is -4.38. The number of carbonyl (C=O) groups is 1. The first-order chi connectivity index (χ1) is 22.4. The molecule has 1 amide bonds. The molecular formula is C34H32BrClN6O4. The van der Waals surface area contributed by atoms with Crippen molar-refractivity contribution in [3.05, 3.63) is 145 Å². The lowest BCUT2D eigenvalue weighted by Crippen LogP contribution is -2.53. The van der Waals surface area contributed by atoms with Gasteiger partial charge in [0.25, 0.3) is 5.91 Å². The highest BCUT2D eigenvalue weighted by Gasteiger charge is 2.54. The molecular weight excluding hydrogens is 672 g/mol. The van der Waals surface area contributed by atoms with Gasteiger partial charge in [-0.05, 0) is 70.2 Å². The normalized spacial score (nSPS) is 17.0. The van der Waals surface area contributed by atoms with Crippen molar-refractivity contribution in [3.63, 3.8) is 0 Å². The number of aliphatic hydroxyl groups is 1. The molecule has 0 saturated heterocycles. The fourth-order valence-corrected chi connectivity index (χ4v) is 5.65. The molecule has 0 saturated carbocycles. The highest BCUT2D eigenvalue weighted by atomic mass is 79.9. The highest BCUT2D eigenvalue weighted by Crippen LogP contribution is 2.44. The molecule has 0 bridgehead atoms. The molecule has 1 aliphatic rings. The Morgan fingerprint density at radius 3 is 2.48 bits per heavy atom. The first kappa shape index (κ1) is 33.0. The van der Waals surface area contributed by atoms with Gasteiger partial charge in [0.05, 0.1) is 13.2 Å². The summed E-state index contributed by atoms with van der Waals surface area (Å²) in [4.78, 5) is 22.5. The van der Waals surface area contributed by atoms with Gasteiger partial charge in [-0.15, -0.1) is 0 Å². The van der Waals surface area contributed by atoms with Gasteiger partial charge >= 0.3 is 0 Å². The predicted octanol–water partition coefficient (Wildman–Crippen LogP) is 6.99. The summed E-state index contributed by atoms with van der Waals surface area (Å²) < 4.78 is 13.2. The van der Waals surface area contributed by atoms with E-state index in [0.29, 0.717) is 40.5 Å². The third-order valence-electron chi connectivity index (χ3n) is 7.50. The number of rotatable bonds is 14. The van der Waals surface area contributed by atoms with E-state index < -0.39 is 17.6 Å². The molecule has 0 radical (unpaired) electrons. The summed E-state index contributed by atoms with van der Waals surface area (Å²) in [5, 5.41) is 13.4. The fraction of sp³-hybridized carbons (Fsp3) is 0.235. The van der Waals surface area contributed by atoms with Crippen LogP contribution in [-0.2, 0) is 29.0 Å². The van der Waals surface area contributed by atoms with E-state index >= 15 is 0 Å². The van der Waals surface area contributed by atoms with Crippen LogP contribution in [0.15, 0.2) is 112 Å². The standard InChI is InChI=1S/C34H32BrClN6O4/c35-27-14-10-23(11-15-27)20-34(33(44)41-38-22-26-7-2-4-9-30(26)36)31(29-8-3-1-6-25(29)21-39-42-37)46-32(40-34)24-12-16-28(17-13-24)45-19-5-18-43/h1-4,6-17,31,38,43H,5,18-22H2,(H,41,44)/t31-,34-/m0/s1. The topological polar surface area (TPSA) is 141 Å². The van der Waals surface area contributed by atoms with Crippen LogP contribution < -0.4 is 15.6 Å². The molecule has 4 aromatic rings. The van der Waals surface area contributed by atoms with Gasteiger partial charge in [-0.25, -0.2) is 10.4 Å². The van der Waals surface area contributed by atoms with Gasteiger partial charge in [0.15, 0.2) is 11.6 Å².